The van der Waals surface area contributed by atoms with E-state index in [1.54, 1.807) is 68.6 Å². The van der Waals surface area contributed by atoms with Crippen LogP contribution >= 0.6 is 11.3 Å². The number of nitrogens with one attached hydrogen (secondary N) is 1. The molecule has 1 N–H and O–H groups in total. The van der Waals surface area contributed by atoms with E-state index < -0.39 is 18.6 Å². The lowest BCUT2D eigenvalue weighted by atomic mass is 9.95. The third kappa shape index (κ3) is 5.57. The summed E-state index contributed by atoms with van der Waals surface area (Å²) in [6, 6.07) is 22.3. The molecule has 1 amide bonds. The van der Waals surface area contributed by atoms with Gasteiger partial charge in [-0.3, -0.25) is 14.2 Å². The summed E-state index contributed by atoms with van der Waals surface area (Å²) in [5, 5.41) is 13.7. The number of carbonyl (C=O) groups is 2. The molecule has 0 unspecified atom stereocenters. The van der Waals surface area contributed by atoms with Crippen molar-refractivity contribution in [3.8, 4) is 11.5 Å². The summed E-state index contributed by atoms with van der Waals surface area (Å²) in [6.45, 7) is 1.17. The maximum atomic E-state index is 13.9. The number of aromatic nitrogens is 1. The summed E-state index contributed by atoms with van der Waals surface area (Å²) < 4.78 is 12.6. The number of anilines is 1. The number of hydrogen-bond donors (Lipinski definition) is 1. The first-order chi connectivity index (χ1) is 19.3. The molecule has 1 aromatic heterocycles. The van der Waals surface area contributed by atoms with E-state index in [4.69, 9.17) is 9.47 Å². The van der Waals surface area contributed by atoms with Gasteiger partial charge < -0.3 is 24.7 Å². The number of rotatable bonds is 8. The number of ether oxygens (including phenoxy) is 2. The molecule has 3 aromatic carbocycles. The van der Waals surface area contributed by atoms with Gasteiger partial charge >= 0.3 is 0 Å². The first kappa shape index (κ1) is 26.6. The highest BCUT2D eigenvalue weighted by Crippen LogP contribution is 2.32. The lowest BCUT2D eigenvalue weighted by Gasteiger charge is -2.25. The van der Waals surface area contributed by atoms with Crippen molar-refractivity contribution in [2.75, 3.05) is 19.0 Å². The minimum atomic E-state index is -1.33. The van der Waals surface area contributed by atoms with E-state index in [1.165, 1.54) is 15.9 Å². The second-order valence-corrected chi connectivity index (χ2v) is 9.92. The number of methoxy groups -OCH3 is 1. The summed E-state index contributed by atoms with van der Waals surface area (Å²) in [6.07, 6.45) is 1.68. The van der Waals surface area contributed by atoms with Crippen LogP contribution in [0.15, 0.2) is 99.9 Å². The van der Waals surface area contributed by atoms with Gasteiger partial charge in [0.25, 0.3) is 11.5 Å². The quantitative estimate of drug-likeness (QED) is 0.356. The summed E-state index contributed by atoms with van der Waals surface area (Å²) in [5.41, 5.74) is 2.46. The number of nitrogens with zero attached hydrogens (tertiary/aromatic N) is 2. The zero-order chi connectivity index (χ0) is 28.2. The molecule has 0 bridgehead atoms. The third-order valence-corrected chi connectivity index (χ3v) is 7.20. The molecule has 1 aliphatic heterocycles. The molecule has 0 fully saturated rings. The van der Waals surface area contributed by atoms with Gasteiger partial charge in [-0.15, -0.1) is 0 Å². The highest BCUT2D eigenvalue weighted by Gasteiger charge is 2.32. The van der Waals surface area contributed by atoms with Gasteiger partial charge in [-0.05, 0) is 60.5 Å². The molecule has 0 saturated carbocycles. The normalized spacial score (nSPS) is 14.8. The molecule has 40 heavy (non-hydrogen) atoms. The maximum Gasteiger partial charge on any atom is 0.271 e. The van der Waals surface area contributed by atoms with E-state index >= 15 is 0 Å². The third-order valence-electron chi connectivity index (χ3n) is 6.22. The van der Waals surface area contributed by atoms with Crippen LogP contribution in [0.2, 0.25) is 0 Å². The summed E-state index contributed by atoms with van der Waals surface area (Å²) in [5.74, 6) is -0.785. The number of carbonyl (C=O) groups excluding carboxylic acids is 2. The van der Waals surface area contributed by atoms with Crippen LogP contribution in [-0.4, -0.2) is 30.2 Å². The van der Waals surface area contributed by atoms with E-state index in [0.29, 0.717) is 48.9 Å². The van der Waals surface area contributed by atoms with E-state index in [2.05, 4.69) is 10.3 Å². The van der Waals surface area contributed by atoms with Crippen molar-refractivity contribution >= 4 is 35.0 Å². The molecule has 1 aliphatic rings. The fourth-order valence-corrected chi connectivity index (χ4v) is 5.49. The molecule has 0 aliphatic carbocycles. The highest BCUT2D eigenvalue weighted by molar-refractivity contribution is 7.07. The first-order valence-electron chi connectivity index (χ1n) is 12.3. The molecule has 9 nitrogen and oxygen atoms in total. The van der Waals surface area contributed by atoms with Gasteiger partial charge in [0, 0.05) is 5.69 Å². The standard InChI is InChI=1S/C30H25N3O6S/c1-18-26(28(36)32-21-10-4-3-5-11-21)27(20-9-7-12-22(16-20)38-2)33-29(37)24(40-30(33)31-18)15-19-8-6-13-23(14-19)39-17-25(34)35/h3-16,27H,17H2,1-2H3,(H,32,36)(H,34,35)/p-1/b24-15-/t27-/m1/s1. The maximum absolute atomic E-state index is 13.9. The Morgan fingerprint density at radius 1 is 1.05 bits per heavy atom. The number of para-hydroxylation sites is 1. The van der Waals surface area contributed by atoms with Crippen LogP contribution in [0.25, 0.3) is 6.08 Å². The predicted molar refractivity (Wildman–Crippen MR) is 149 cm³/mol. The molecule has 2 heterocycles. The number of thiazole rings is 1. The van der Waals surface area contributed by atoms with Crippen molar-refractivity contribution < 1.29 is 24.2 Å². The number of aliphatic carboxylic acids is 1. The molecule has 1 atom stereocenters. The van der Waals surface area contributed by atoms with Crippen LogP contribution < -0.4 is 34.8 Å². The van der Waals surface area contributed by atoms with Gasteiger partial charge in [-0.25, -0.2) is 4.99 Å². The molecule has 0 radical (unpaired) electrons. The lowest BCUT2D eigenvalue weighted by Crippen LogP contribution is -2.40. The molecule has 0 saturated heterocycles. The Morgan fingerprint density at radius 3 is 2.55 bits per heavy atom. The van der Waals surface area contributed by atoms with Crippen molar-refractivity contribution in [2.45, 2.75) is 13.0 Å². The zero-order valence-corrected chi connectivity index (χ0v) is 22.4. The molecule has 10 heteroatoms. The SMILES string of the molecule is COc1cccc([C@@H]2C(C(=O)Nc3ccccc3)=C(C)N=c3s/c(=C\c4cccc(OCC(=O)[O-])c4)c(=O)n32)c1. The Kier molecular flexibility index (Phi) is 7.61. The van der Waals surface area contributed by atoms with Gasteiger partial charge in [0.05, 0.1) is 34.9 Å². The fourth-order valence-electron chi connectivity index (χ4n) is 4.45. The predicted octanol–water partition coefficient (Wildman–Crippen LogP) is 2.01. The Labute approximate surface area is 233 Å². The van der Waals surface area contributed by atoms with Crippen molar-refractivity contribution in [1.82, 2.24) is 4.57 Å². The Balaban J connectivity index is 1.63. The topological polar surface area (TPSA) is 122 Å². The minimum absolute atomic E-state index is 0.324. The van der Waals surface area contributed by atoms with Crippen LogP contribution in [0.3, 0.4) is 0 Å². The van der Waals surface area contributed by atoms with Crippen molar-refractivity contribution in [1.29, 1.82) is 0 Å². The number of amides is 1. The highest BCUT2D eigenvalue weighted by atomic mass is 32.1. The van der Waals surface area contributed by atoms with Crippen LogP contribution in [0.5, 0.6) is 11.5 Å². The van der Waals surface area contributed by atoms with Crippen LogP contribution in [0, 0.1) is 0 Å². The average Bonchev–Trinajstić information content (AvgIpc) is 3.25. The molecule has 0 spiro atoms. The number of hydrogen-bond acceptors (Lipinski definition) is 8. The number of fused-ring (bicyclic) bond motifs is 1. The van der Waals surface area contributed by atoms with Crippen molar-refractivity contribution in [2.24, 2.45) is 4.99 Å². The van der Waals surface area contributed by atoms with Crippen LogP contribution in [0.1, 0.15) is 24.1 Å². The van der Waals surface area contributed by atoms with Crippen LogP contribution in [-0.2, 0) is 9.59 Å². The van der Waals surface area contributed by atoms with Gasteiger partial charge in [-0.1, -0.05) is 53.8 Å². The molecular formula is C30H24N3O6S-. The number of allylic oxidation sites excluding steroid dienone is 1. The number of benzene rings is 3. The molecule has 4 aromatic rings. The minimum Gasteiger partial charge on any atom is -0.546 e. The molecule has 202 valence electrons. The Morgan fingerprint density at radius 2 is 1.80 bits per heavy atom. The fraction of sp³-hybridized carbons (Fsp3) is 0.133. The smallest absolute Gasteiger partial charge is 0.271 e. The number of carboxylic acids is 1. The number of carboxylic acid groups (broad SMARTS) is 1. The largest absolute Gasteiger partial charge is 0.546 e. The van der Waals surface area contributed by atoms with E-state index in [1.807, 2.05) is 30.3 Å². The lowest BCUT2D eigenvalue weighted by molar-refractivity contribution is -0.307. The Hall–Kier alpha value is -4.96. The first-order valence-corrected chi connectivity index (χ1v) is 13.1. The zero-order valence-electron chi connectivity index (χ0n) is 21.6. The summed E-state index contributed by atoms with van der Waals surface area (Å²) >= 11 is 1.20. The molecule has 5 rings (SSSR count). The van der Waals surface area contributed by atoms with E-state index in [-0.39, 0.29) is 11.5 Å². The second kappa shape index (κ2) is 11.4. The average molecular weight is 555 g/mol. The Bertz CT molecular complexity index is 1810. The monoisotopic (exact) mass is 554 g/mol. The molecular weight excluding hydrogens is 530 g/mol. The van der Waals surface area contributed by atoms with Crippen LogP contribution in [0.4, 0.5) is 5.69 Å². The van der Waals surface area contributed by atoms with E-state index in [9.17, 15) is 19.5 Å². The van der Waals surface area contributed by atoms with Gasteiger partial charge in [0.15, 0.2) is 4.80 Å². The summed E-state index contributed by atoms with van der Waals surface area (Å²) in [4.78, 5) is 43.4. The van der Waals surface area contributed by atoms with E-state index in [0.717, 1.165) is 0 Å². The van der Waals surface area contributed by atoms with Gasteiger partial charge in [0.2, 0.25) is 0 Å². The van der Waals surface area contributed by atoms with Gasteiger partial charge in [-0.2, -0.15) is 0 Å². The second-order valence-electron chi connectivity index (χ2n) is 8.91. The van der Waals surface area contributed by atoms with Crippen molar-refractivity contribution in [3.63, 3.8) is 0 Å². The summed E-state index contributed by atoms with van der Waals surface area (Å²) in [7, 11) is 1.56. The van der Waals surface area contributed by atoms with Crippen molar-refractivity contribution in [3.05, 3.63) is 121 Å². The van der Waals surface area contributed by atoms with Gasteiger partial charge in [0.1, 0.15) is 18.1 Å².